The highest BCUT2D eigenvalue weighted by molar-refractivity contribution is 5.83. The van der Waals surface area contributed by atoms with Gasteiger partial charge in [-0.3, -0.25) is 4.79 Å². The second-order valence-electron chi connectivity index (χ2n) is 6.02. The Kier molecular flexibility index (Phi) is 5.42. The monoisotopic (exact) mass is 295 g/mol. The van der Waals surface area contributed by atoms with Crippen LogP contribution >= 0.6 is 0 Å². The Bertz CT molecular complexity index is 439. The van der Waals surface area contributed by atoms with E-state index in [9.17, 15) is 9.90 Å². The van der Waals surface area contributed by atoms with Crippen LogP contribution in [0, 0.1) is 5.41 Å². The molecule has 1 aromatic rings. The second kappa shape index (κ2) is 7.09. The molecule has 2 rings (SSSR count). The summed E-state index contributed by atoms with van der Waals surface area (Å²) in [6, 6.07) is 3.39. The summed E-state index contributed by atoms with van der Waals surface area (Å²) in [6.45, 7) is 2.52. The fourth-order valence-electron chi connectivity index (χ4n) is 2.86. The highest BCUT2D eigenvalue weighted by Crippen LogP contribution is 2.44. The fourth-order valence-corrected chi connectivity index (χ4v) is 2.86. The van der Waals surface area contributed by atoms with Crippen molar-refractivity contribution in [3.63, 3.8) is 0 Å². The van der Waals surface area contributed by atoms with Crippen molar-refractivity contribution >= 4 is 5.91 Å². The molecule has 0 saturated heterocycles. The van der Waals surface area contributed by atoms with Crippen molar-refractivity contribution < 1.29 is 19.1 Å². The minimum Gasteiger partial charge on any atom is -0.467 e. The third kappa shape index (κ3) is 3.86. The van der Waals surface area contributed by atoms with Gasteiger partial charge in [-0.15, -0.1) is 0 Å². The first-order valence-corrected chi connectivity index (χ1v) is 7.59. The summed E-state index contributed by atoms with van der Waals surface area (Å²) in [6.07, 6.45) is 5.01. The smallest absolute Gasteiger partial charge is 0.226 e. The van der Waals surface area contributed by atoms with Crippen LogP contribution in [0.4, 0.5) is 0 Å². The molecule has 1 aromatic heterocycles. The van der Waals surface area contributed by atoms with Crippen LogP contribution < -0.4 is 5.32 Å². The molecule has 2 N–H and O–H groups in total. The van der Waals surface area contributed by atoms with Gasteiger partial charge in [0, 0.05) is 26.2 Å². The summed E-state index contributed by atoms with van der Waals surface area (Å²) < 4.78 is 10.3. The zero-order valence-corrected chi connectivity index (χ0v) is 12.8. The first-order chi connectivity index (χ1) is 10.1. The van der Waals surface area contributed by atoms with Crippen LogP contribution in [-0.4, -0.2) is 30.8 Å². The van der Waals surface area contributed by atoms with E-state index in [1.807, 2.05) is 6.92 Å². The van der Waals surface area contributed by atoms with Gasteiger partial charge in [-0.05, 0) is 38.3 Å². The quantitative estimate of drug-likeness (QED) is 0.772. The molecule has 0 spiro atoms. The normalized spacial score (nSPS) is 19.6. The van der Waals surface area contributed by atoms with Crippen molar-refractivity contribution in [1.82, 2.24) is 5.32 Å². The summed E-state index contributed by atoms with van der Waals surface area (Å²) >= 11 is 0. The zero-order valence-electron chi connectivity index (χ0n) is 12.8. The number of nitrogens with one attached hydrogen (secondary N) is 1. The number of amides is 1. The number of aliphatic hydroxyl groups excluding tert-OH is 1. The SMILES string of the molecule is COCCC1(C(=O)NC(C)CC(O)c2ccco2)CCC1. The van der Waals surface area contributed by atoms with Crippen molar-refractivity contribution in [2.75, 3.05) is 13.7 Å². The minimum atomic E-state index is -0.688. The summed E-state index contributed by atoms with van der Waals surface area (Å²) in [5.41, 5.74) is -0.264. The Hall–Kier alpha value is -1.33. The molecule has 0 aliphatic heterocycles. The van der Waals surface area contributed by atoms with E-state index in [1.165, 1.54) is 6.26 Å². The van der Waals surface area contributed by atoms with Crippen molar-refractivity contribution in [3.05, 3.63) is 24.2 Å². The van der Waals surface area contributed by atoms with E-state index in [4.69, 9.17) is 9.15 Å². The number of carbonyl (C=O) groups excluding carboxylic acids is 1. The van der Waals surface area contributed by atoms with E-state index in [0.717, 1.165) is 25.7 Å². The number of aliphatic hydroxyl groups is 1. The molecular weight excluding hydrogens is 270 g/mol. The maximum Gasteiger partial charge on any atom is 0.226 e. The predicted molar refractivity (Wildman–Crippen MR) is 78.7 cm³/mol. The van der Waals surface area contributed by atoms with Gasteiger partial charge >= 0.3 is 0 Å². The molecule has 1 heterocycles. The van der Waals surface area contributed by atoms with Crippen LogP contribution in [0.2, 0.25) is 0 Å². The third-order valence-corrected chi connectivity index (χ3v) is 4.40. The lowest BCUT2D eigenvalue weighted by Gasteiger charge is -2.41. The van der Waals surface area contributed by atoms with E-state index in [1.54, 1.807) is 19.2 Å². The van der Waals surface area contributed by atoms with Crippen molar-refractivity contribution in [1.29, 1.82) is 0 Å². The standard InChI is InChI=1S/C16H25NO4/c1-12(11-13(18)14-5-3-9-21-14)17-15(19)16(6-4-7-16)8-10-20-2/h3,5,9,12-13,18H,4,6-8,10-11H2,1-2H3,(H,17,19). The number of hydrogen-bond donors (Lipinski definition) is 2. The van der Waals surface area contributed by atoms with Gasteiger partial charge in [0.1, 0.15) is 11.9 Å². The van der Waals surface area contributed by atoms with Crippen molar-refractivity contribution in [2.45, 2.75) is 51.2 Å². The molecule has 0 aromatic carbocycles. The summed E-state index contributed by atoms with van der Waals surface area (Å²) in [5, 5.41) is 13.1. The Labute approximate surface area is 125 Å². The molecule has 0 radical (unpaired) electrons. The van der Waals surface area contributed by atoms with Crippen molar-refractivity contribution in [2.24, 2.45) is 5.41 Å². The van der Waals surface area contributed by atoms with Crippen LogP contribution in [-0.2, 0) is 9.53 Å². The van der Waals surface area contributed by atoms with Gasteiger partial charge in [-0.1, -0.05) is 6.42 Å². The fraction of sp³-hybridized carbons (Fsp3) is 0.688. The van der Waals surface area contributed by atoms with Crippen LogP contribution in [0.25, 0.3) is 0 Å². The third-order valence-electron chi connectivity index (χ3n) is 4.40. The number of hydrogen-bond acceptors (Lipinski definition) is 4. The Balaban J connectivity index is 1.83. The molecule has 5 nitrogen and oxygen atoms in total. The average molecular weight is 295 g/mol. The van der Waals surface area contributed by atoms with E-state index in [2.05, 4.69) is 5.32 Å². The molecule has 118 valence electrons. The summed E-state index contributed by atoms with van der Waals surface area (Å²) in [4.78, 5) is 12.5. The molecule has 1 aliphatic rings. The van der Waals surface area contributed by atoms with Gasteiger partial charge < -0.3 is 19.6 Å². The highest BCUT2D eigenvalue weighted by Gasteiger charge is 2.43. The van der Waals surface area contributed by atoms with E-state index >= 15 is 0 Å². The van der Waals surface area contributed by atoms with Crippen LogP contribution in [0.5, 0.6) is 0 Å². The molecule has 1 fully saturated rings. The largest absolute Gasteiger partial charge is 0.467 e. The lowest BCUT2D eigenvalue weighted by Crippen LogP contribution is -2.49. The first kappa shape index (κ1) is 16.0. The predicted octanol–water partition coefficient (Wildman–Crippen LogP) is 2.41. The molecule has 1 aliphatic carbocycles. The number of furan rings is 1. The molecule has 21 heavy (non-hydrogen) atoms. The maximum absolute atomic E-state index is 12.5. The Morgan fingerprint density at radius 2 is 2.33 bits per heavy atom. The lowest BCUT2D eigenvalue weighted by atomic mass is 9.66. The van der Waals surface area contributed by atoms with Gasteiger partial charge in [-0.2, -0.15) is 0 Å². The molecule has 0 bridgehead atoms. The summed E-state index contributed by atoms with van der Waals surface area (Å²) in [5.74, 6) is 0.624. The van der Waals surface area contributed by atoms with Gasteiger partial charge in [0.05, 0.1) is 11.7 Å². The first-order valence-electron chi connectivity index (χ1n) is 7.59. The Morgan fingerprint density at radius 3 is 2.86 bits per heavy atom. The van der Waals surface area contributed by atoms with Gasteiger partial charge in [0.15, 0.2) is 0 Å². The van der Waals surface area contributed by atoms with Crippen LogP contribution in [0.15, 0.2) is 22.8 Å². The maximum atomic E-state index is 12.5. The van der Waals surface area contributed by atoms with Crippen LogP contribution in [0.1, 0.15) is 50.9 Å². The topological polar surface area (TPSA) is 71.7 Å². The second-order valence-corrected chi connectivity index (χ2v) is 6.02. The van der Waals surface area contributed by atoms with Crippen molar-refractivity contribution in [3.8, 4) is 0 Å². The highest BCUT2D eigenvalue weighted by atomic mass is 16.5. The molecule has 1 amide bonds. The van der Waals surface area contributed by atoms with E-state index in [-0.39, 0.29) is 17.4 Å². The number of carbonyl (C=O) groups is 1. The van der Waals surface area contributed by atoms with Gasteiger partial charge in [0.25, 0.3) is 0 Å². The molecule has 1 saturated carbocycles. The number of ether oxygens (including phenoxy) is 1. The van der Waals surface area contributed by atoms with Gasteiger partial charge in [0.2, 0.25) is 5.91 Å². The molecule has 5 heteroatoms. The minimum absolute atomic E-state index is 0.0879. The van der Waals surface area contributed by atoms with Crippen LogP contribution in [0.3, 0.4) is 0 Å². The Morgan fingerprint density at radius 1 is 1.57 bits per heavy atom. The molecule has 2 unspecified atom stereocenters. The number of methoxy groups -OCH3 is 1. The molecular formula is C16H25NO4. The zero-order chi connectivity index (χ0) is 15.3. The van der Waals surface area contributed by atoms with E-state index < -0.39 is 6.10 Å². The van der Waals surface area contributed by atoms with E-state index in [0.29, 0.717) is 18.8 Å². The average Bonchev–Trinajstić information content (AvgIpc) is 2.91. The number of rotatable bonds is 8. The molecule has 2 atom stereocenters. The van der Waals surface area contributed by atoms with Gasteiger partial charge in [-0.25, -0.2) is 0 Å². The summed E-state index contributed by atoms with van der Waals surface area (Å²) in [7, 11) is 1.66. The lowest BCUT2D eigenvalue weighted by molar-refractivity contribution is -0.138.